The molecule has 1 amide bonds. The van der Waals surface area contributed by atoms with Crippen LogP contribution in [-0.4, -0.2) is 27.2 Å². The van der Waals surface area contributed by atoms with Crippen LogP contribution < -0.4 is 10.6 Å². The van der Waals surface area contributed by atoms with Crippen LogP contribution in [0.4, 0.5) is 5.82 Å². The summed E-state index contributed by atoms with van der Waals surface area (Å²) >= 11 is 0. The van der Waals surface area contributed by atoms with E-state index in [1.807, 2.05) is 55.7 Å². The maximum absolute atomic E-state index is 13.4. The molecule has 0 radical (unpaired) electrons. The average molecular weight is 452 g/mol. The molecule has 0 saturated heterocycles. The first-order chi connectivity index (χ1) is 16.5. The van der Waals surface area contributed by atoms with Crippen LogP contribution in [0.5, 0.6) is 0 Å². The van der Waals surface area contributed by atoms with Gasteiger partial charge in [0.1, 0.15) is 11.9 Å². The molecule has 34 heavy (non-hydrogen) atoms. The van der Waals surface area contributed by atoms with Crippen LogP contribution in [0.3, 0.4) is 0 Å². The van der Waals surface area contributed by atoms with Gasteiger partial charge in [0.2, 0.25) is 5.91 Å². The van der Waals surface area contributed by atoms with Crippen molar-refractivity contribution < 1.29 is 4.79 Å². The van der Waals surface area contributed by atoms with E-state index in [4.69, 9.17) is 0 Å². The van der Waals surface area contributed by atoms with E-state index < -0.39 is 6.04 Å². The molecule has 6 nitrogen and oxygen atoms in total. The molecule has 172 valence electrons. The summed E-state index contributed by atoms with van der Waals surface area (Å²) in [5.41, 5.74) is 5.58. The van der Waals surface area contributed by atoms with Crippen LogP contribution in [0.1, 0.15) is 35.6 Å². The lowest BCUT2D eigenvalue weighted by Crippen LogP contribution is -2.37. The van der Waals surface area contributed by atoms with Crippen molar-refractivity contribution in [1.29, 1.82) is 0 Å². The Morgan fingerprint density at radius 3 is 2.38 bits per heavy atom. The van der Waals surface area contributed by atoms with Crippen molar-refractivity contribution in [3.05, 3.63) is 102 Å². The highest BCUT2D eigenvalue weighted by Crippen LogP contribution is 2.48. The van der Waals surface area contributed by atoms with Crippen molar-refractivity contribution in [2.75, 3.05) is 11.9 Å². The van der Waals surface area contributed by atoms with Crippen molar-refractivity contribution in [3.63, 3.8) is 0 Å². The molecule has 2 aromatic carbocycles. The normalized spacial score (nSPS) is 15.0. The highest BCUT2D eigenvalue weighted by Gasteiger charge is 2.44. The largest absolute Gasteiger partial charge is 0.309 e. The lowest BCUT2D eigenvalue weighted by Gasteiger charge is -2.23. The number of carbonyl (C=O) groups is 1. The smallest absolute Gasteiger partial charge is 0.247 e. The first-order valence-electron chi connectivity index (χ1n) is 11.6. The monoisotopic (exact) mass is 451 g/mol. The Labute approximate surface area is 200 Å². The summed E-state index contributed by atoms with van der Waals surface area (Å²) in [5.74, 6) is 0.410. The Bertz CT molecular complexity index is 1260. The van der Waals surface area contributed by atoms with Gasteiger partial charge in [-0.2, -0.15) is 5.10 Å². The predicted octanol–water partition coefficient (Wildman–Crippen LogP) is 4.79. The number of rotatable bonds is 8. The molecular formula is C28H29N5O. The fourth-order valence-corrected chi connectivity index (χ4v) is 4.34. The lowest BCUT2D eigenvalue weighted by molar-refractivity contribution is -0.118. The molecular weight excluding hydrogens is 422 g/mol. The molecule has 0 unspecified atom stereocenters. The quantitative estimate of drug-likeness (QED) is 0.404. The van der Waals surface area contributed by atoms with Crippen LogP contribution in [0.2, 0.25) is 0 Å². The number of aryl methyl sites for hydroxylation is 2. The number of hydrogen-bond donors (Lipinski definition) is 2. The van der Waals surface area contributed by atoms with Crippen molar-refractivity contribution in [1.82, 2.24) is 20.1 Å². The van der Waals surface area contributed by atoms with Gasteiger partial charge in [-0.3, -0.25) is 9.48 Å². The van der Waals surface area contributed by atoms with Crippen LogP contribution in [-0.2, 0) is 17.3 Å². The van der Waals surface area contributed by atoms with E-state index in [9.17, 15) is 4.79 Å². The van der Waals surface area contributed by atoms with Gasteiger partial charge in [0.25, 0.3) is 0 Å². The topological polar surface area (TPSA) is 71.8 Å². The number of nitrogens with one attached hydrogen (secondary N) is 2. The molecule has 4 aromatic rings. The van der Waals surface area contributed by atoms with E-state index >= 15 is 0 Å². The van der Waals surface area contributed by atoms with E-state index in [1.54, 1.807) is 17.1 Å². The summed E-state index contributed by atoms with van der Waals surface area (Å²) in [6, 6.07) is 21.9. The van der Waals surface area contributed by atoms with Gasteiger partial charge in [-0.1, -0.05) is 60.2 Å². The first-order valence-corrected chi connectivity index (χ1v) is 11.6. The molecule has 1 fully saturated rings. The molecule has 2 heterocycles. The van der Waals surface area contributed by atoms with Gasteiger partial charge in [-0.05, 0) is 43.0 Å². The van der Waals surface area contributed by atoms with Gasteiger partial charge in [-0.15, -0.1) is 0 Å². The molecule has 0 bridgehead atoms. The second-order valence-corrected chi connectivity index (χ2v) is 9.19. The minimum Gasteiger partial charge on any atom is -0.309 e. The van der Waals surface area contributed by atoms with Crippen molar-refractivity contribution in [3.8, 4) is 11.1 Å². The molecule has 6 heteroatoms. The number of amides is 1. The summed E-state index contributed by atoms with van der Waals surface area (Å²) in [4.78, 5) is 17.8. The lowest BCUT2D eigenvalue weighted by atomic mass is 9.94. The van der Waals surface area contributed by atoms with Crippen LogP contribution in [0, 0.1) is 6.92 Å². The summed E-state index contributed by atoms with van der Waals surface area (Å²) in [7, 11) is 1.88. The second-order valence-electron chi connectivity index (χ2n) is 9.19. The SMILES string of the molecule is Cc1ccc(C2(CN[C@H](C(=O)Nc3ccc(-c4cnn(C)c4)cn3)c3ccccc3)CC2)cc1. The zero-order valence-electron chi connectivity index (χ0n) is 19.5. The van der Waals surface area contributed by atoms with Gasteiger partial charge in [0, 0.05) is 42.5 Å². The number of benzene rings is 2. The predicted molar refractivity (Wildman–Crippen MR) is 134 cm³/mol. The van der Waals surface area contributed by atoms with E-state index in [0.717, 1.165) is 36.1 Å². The summed E-state index contributed by atoms with van der Waals surface area (Å²) in [6.07, 6.45) is 7.75. The van der Waals surface area contributed by atoms with Gasteiger partial charge in [-0.25, -0.2) is 4.98 Å². The molecule has 1 atom stereocenters. The maximum atomic E-state index is 13.4. The standard InChI is InChI=1S/C28H29N5O/c1-20-8-11-24(12-9-20)28(14-15-28)19-30-26(21-6-4-3-5-7-21)27(34)32-25-13-10-22(16-29-25)23-17-31-33(2)18-23/h3-13,16-18,26,30H,14-15,19H2,1-2H3,(H,29,32,34)/t26-/m0/s1. The Hall–Kier alpha value is -3.77. The fourth-order valence-electron chi connectivity index (χ4n) is 4.34. The average Bonchev–Trinajstić information content (AvgIpc) is 3.52. The molecule has 2 N–H and O–H groups in total. The third kappa shape index (κ3) is 4.77. The van der Waals surface area contributed by atoms with Gasteiger partial charge in [0.05, 0.1) is 6.20 Å². The van der Waals surface area contributed by atoms with Crippen LogP contribution >= 0.6 is 0 Å². The third-order valence-corrected chi connectivity index (χ3v) is 6.61. The number of pyridine rings is 1. The summed E-state index contributed by atoms with van der Waals surface area (Å²) in [6.45, 7) is 2.85. The van der Waals surface area contributed by atoms with E-state index in [1.165, 1.54) is 11.1 Å². The number of carbonyl (C=O) groups excluding carboxylic acids is 1. The highest BCUT2D eigenvalue weighted by atomic mass is 16.2. The maximum Gasteiger partial charge on any atom is 0.247 e. The van der Waals surface area contributed by atoms with E-state index in [0.29, 0.717) is 5.82 Å². The van der Waals surface area contributed by atoms with Crippen LogP contribution in [0.15, 0.2) is 85.3 Å². The van der Waals surface area contributed by atoms with Crippen molar-refractivity contribution >= 4 is 11.7 Å². The second kappa shape index (κ2) is 9.23. The number of aromatic nitrogens is 3. The third-order valence-electron chi connectivity index (χ3n) is 6.61. The highest BCUT2D eigenvalue weighted by molar-refractivity contribution is 5.95. The Morgan fingerprint density at radius 2 is 1.76 bits per heavy atom. The van der Waals surface area contributed by atoms with E-state index in [-0.39, 0.29) is 11.3 Å². The fraction of sp³-hybridized carbons (Fsp3) is 0.250. The molecule has 0 aliphatic heterocycles. The number of anilines is 1. The Kier molecular flexibility index (Phi) is 5.99. The Balaban J connectivity index is 1.31. The van der Waals surface area contributed by atoms with Crippen LogP contribution in [0.25, 0.3) is 11.1 Å². The molecule has 5 rings (SSSR count). The van der Waals surface area contributed by atoms with E-state index in [2.05, 4.69) is 51.9 Å². The van der Waals surface area contributed by atoms with Gasteiger partial charge >= 0.3 is 0 Å². The Morgan fingerprint density at radius 1 is 1.00 bits per heavy atom. The molecule has 0 spiro atoms. The summed E-state index contributed by atoms with van der Waals surface area (Å²) in [5, 5.41) is 10.8. The van der Waals surface area contributed by atoms with Gasteiger partial charge < -0.3 is 10.6 Å². The molecule has 1 aliphatic carbocycles. The minimum absolute atomic E-state index is 0.102. The summed E-state index contributed by atoms with van der Waals surface area (Å²) < 4.78 is 1.75. The van der Waals surface area contributed by atoms with Crippen molar-refractivity contribution in [2.24, 2.45) is 7.05 Å². The molecule has 1 saturated carbocycles. The minimum atomic E-state index is -0.469. The number of nitrogens with zero attached hydrogens (tertiary/aromatic N) is 3. The zero-order valence-corrected chi connectivity index (χ0v) is 19.5. The number of hydrogen-bond acceptors (Lipinski definition) is 4. The molecule has 2 aromatic heterocycles. The first kappa shape index (κ1) is 22.0. The van der Waals surface area contributed by atoms with Gasteiger partial charge in [0.15, 0.2) is 0 Å². The molecule has 1 aliphatic rings. The zero-order chi connectivity index (χ0) is 23.5. The van der Waals surface area contributed by atoms with Crippen molar-refractivity contribution in [2.45, 2.75) is 31.2 Å².